The van der Waals surface area contributed by atoms with Gasteiger partial charge in [-0.25, -0.2) is 9.59 Å². The van der Waals surface area contributed by atoms with Gasteiger partial charge in [0.2, 0.25) is 0 Å². The van der Waals surface area contributed by atoms with Crippen molar-refractivity contribution in [2.75, 3.05) is 6.54 Å². The zero-order valence-corrected chi connectivity index (χ0v) is 35.6. The molecule has 2 amide bonds. The van der Waals surface area contributed by atoms with E-state index in [1.54, 1.807) is 0 Å². The summed E-state index contributed by atoms with van der Waals surface area (Å²) in [5.74, 6) is 1.40. The van der Waals surface area contributed by atoms with Gasteiger partial charge in [-0.05, 0) is 116 Å². The number of rotatable bonds is 25. The third-order valence-corrected chi connectivity index (χ3v) is 11.5. The molecule has 6 nitrogen and oxygen atoms in total. The maximum Gasteiger partial charge on any atom is 0.412 e. The van der Waals surface area contributed by atoms with E-state index in [0.29, 0.717) is 18.0 Å². The first-order valence-electron chi connectivity index (χ1n) is 22.2. The van der Waals surface area contributed by atoms with Crippen molar-refractivity contribution < 1.29 is 19.1 Å². The SMILES string of the molecule is CCCCCCc1cccc(OC(=O)NCC2(C)CC(NC(=O)Oc3cccc(CCCCCC)c3CCCCCC)CC(C)(C)C2)c1CCCCCC. The minimum Gasteiger partial charge on any atom is -0.410 e. The molecule has 0 aromatic heterocycles. The Morgan fingerprint density at radius 1 is 0.593 bits per heavy atom. The lowest BCUT2D eigenvalue weighted by atomic mass is 9.62. The molecule has 0 aliphatic heterocycles. The number of ether oxygens (including phenoxy) is 2. The summed E-state index contributed by atoms with van der Waals surface area (Å²) < 4.78 is 12.2. The molecular formula is C48H78N2O4. The second-order valence-corrected chi connectivity index (χ2v) is 17.6. The molecule has 2 N–H and O–H groups in total. The maximum atomic E-state index is 13.6. The average molecular weight is 747 g/mol. The number of carbonyl (C=O) groups excluding carboxylic acids is 2. The largest absolute Gasteiger partial charge is 0.412 e. The van der Waals surface area contributed by atoms with E-state index >= 15 is 0 Å². The lowest BCUT2D eigenvalue weighted by Gasteiger charge is -2.46. The molecule has 2 atom stereocenters. The molecule has 1 aliphatic carbocycles. The van der Waals surface area contributed by atoms with Crippen LogP contribution in [0.25, 0.3) is 0 Å². The number of benzene rings is 2. The molecule has 1 aliphatic rings. The lowest BCUT2D eigenvalue weighted by molar-refractivity contribution is 0.0701. The van der Waals surface area contributed by atoms with E-state index in [9.17, 15) is 9.59 Å². The highest BCUT2D eigenvalue weighted by molar-refractivity contribution is 5.72. The van der Waals surface area contributed by atoms with Gasteiger partial charge < -0.3 is 20.1 Å². The van der Waals surface area contributed by atoms with Crippen LogP contribution in [0.4, 0.5) is 9.59 Å². The van der Waals surface area contributed by atoms with Crippen LogP contribution in [-0.2, 0) is 25.7 Å². The van der Waals surface area contributed by atoms with Crippen molar-refractivity contribution in [3.8, 4) is 11.5 Å². The summed E-state index contributed by atoms with van der Waals surface area (Å²) in [7, 11) is 0. The summed E-state index contributed by atoms with van der Waals surface area (Å²) in [4.78, 5) is 27.0. The zero-order valence-electron chi connectivity index (χ0n) is 35.6. The van der Waals surface area contributed by atoms with Crippen molar-refractivity contribution in [2.24, 2.45) is 10.8 Å². The summed E-state index contributed by atoms with van der Waals surface area (Å²) in [5.41, 5.74) is 4.79. The van der Waals surface area contributed by atoms with Crippen LogP contribution in [-0.4, -0.2) is 24.8 Å². The Labute approximate surface area is 330 Å². The highest BCUT2D eigenvalue weighted by atomic mass is 16.6. The molecule has 0 spiro atoms. The van der Waals surface area contributed by atoms with Crippen molar-refractivity contribution in [1.82, 2.24) is 10.6 Å². The van der Waals surface area contributed by atoms with Crippen molar-refractivity contribution in [1.29, 1.82) is 0 Å². The molecule has 6 heteroatoms. The first-order valence-corrected chi connectivity index (χ1v) is 22.2. The topological polar surface area (TPSA) is 76.7 Å². The maximum absolute atomic E-state index is 13.6. The zero-order chi connectivity index (χ0) is 39.2. The molecular weight excluding hydrogens is 669 g/mol. The molecule has 0 saturated heterocycles. The van der Waals surface area contributed by atoms with Crippen LogP contribution >= 0.6 is 0 Å². The Balaban J connectivity index is 1.66. The summed E-state index contributed by atoms with van der Waals surface area (Å²) >= 11 is 0. The molecule has 54 heavy (non-hydrogen) atoms. The molecule has 0 radical (unpaired) electrons. The Morgan fingerprint density at radius 3 is 1.50 bits per heavy atom. The molecule has 1 fully saturated rings. The monoisotopic (exact) mass is 747 g/mol. The first-order chi connectivity index (χ1) is 26.0. The van der Waals surface area contributed by atoms with Crippen molar-refractivity contribution in [2.45, 2.75) is 202 Å². The fourth-order valence-corrected chi connectivity index (χ4v) is 8.98. The summed E-state index contributed by atoms with van der Waals surface area (Å²) in [6, 6.07) is 12.4. The smallest absolute Gasteiger partial charge is 0.410 e. The Hall–Kier alpha value is -3.02. The highest BCUT2D eigenvalue weighted by Gasteiger charge is 2.42. The van der Waals surface area contributed by atoms with E-state index in [1.165, 1.54) is 99.3 Å². The van der Waals surface area contributed by atoms with E-state index in [0.717, 1.165) is 70.6 Å². The number of unbranched alkanes of at least 4 members (excludes halogenated alkanes) is 12. The lowest BCUT2D eigenvalue weighted by Crippen LogP contribution is -2.51. The Morgan fingerprint density at radius 2 is 1.04 bits per heavy atom. The molecule has 3 rings (SSSR count). The average Bonchev–Trinajstić information content (AvgIpc) is 3.12. The summed E-state index contributed by atoms with van der Waals surface area (Å²) in [5, 5.41) is 6.39. The van der Waals surface area contributed by atoms with Crippen LogP contribution in [0.15, 0.2) is 36.4 Å². The minimum atomic E-state index is -0.400. The van der Waals surface area contributed by atoms with Crippen LogP contribution in [0.3, 0.4) is 0 Å². The predicted molar refractivity (Wildman–Crippen MR) is 227 cm³/mol. The van der Waals surface area contributed by atoms with Crippen molar-refractivity contribution in [3.05, 3.63) is 58.7 Å². The molecule has 0 bridgehead atoms. The van der Waals surface area contributed by atoms with E-state index in [-0.39, 0.29) is 23.0 Å². The quantitative estimate of drug-likeness (QED) is 0.0992. The van der Waals surface area contributed by atoms with E-state index < -0.39 is 6.09 Å². The van der Waals surface area contributed by atoms with E-state index in [1.807, 2.05) is 24.3 Å². The Bertz CT molecular complexity index is 1390. The summed E-state index contributed by atoms with van der Waals surface area (Å²) in [6.45, 7) is 16.2. The van der Waals surface area contributed by atoms with E-state index in [2.05, 4.69) is 71.2 Å². The number of amides is 2. The number of nitrogens with one attached hydrogen (secondary N) is 2. The van der Waals surface area contributed by atoms with Gasteiger partial charge in [-0.3, -0.25) is 0 Å². The number of aryl methyl sites for hydroxylation is 2. The van der Waals surface area contributed by atoms with Gasteiger partial charge in [0.15, 0.2) is 0 Å². The van der Waals surface area contributed by atoms with Crippen LogP contribution in [0.1, 0.15) is 193 Å². The molecule has 2 aromatic rings. The van der Waals surface area contributed by atoms with Gasteiger partial charge in [-0.2, -0.15) is 0 Å². The first kappa shape index (κ1) is 45.4. The van der Waals surface area contributed by atoms with Gasteiger partial charge in [-0.15, -0.1) is 0 Å². The summed E-state index contributed by atoms with van der Waals surface area (Å²) in [6.07, 6.45) is 24.9. The highest BCUT2D eigenvalue weighted by Crippen LogP contribution is 2.46. The van der Waals surface area contributed by atoms with E-state index in [4.69, 9.17) is 9.47 Å². The fraction of sp³-hybridized carbons (Fsp3) is 0.708. The number of hydrogen-bond donors (Lipinski definition) is 2. The second kappa shape index (κ2) is 24.5. The van der Waals surface area contributed by atoms with Crippen molar-refractivity contribution >= 4 is 12.2 Å². The van der Waals surface area contributed by atoms with Crippen LogP contribution < -0.4 is 20.1 Å². The third-order valence-electron chi connectivity index (χ3n) is 11.5. The minimum absolute atomic E-state index is 0.0167. The molecule has 2 aromatic carbocycles. The van der Waals surface area contributed by atoms with Crippen LogP contribution in [0, 0.1) is 10.8 Å². The van der Waals surface area contributed by atoms with Gasteiger partial charge in [0, 0.05) is 12.6 Å². The van der Waals surface area contributed by atoms with Crippen molar-refractivity contribution in [3.63, 3.8) is 0 Å². The number of carbonyl (C=O) groups is 2. The van der Waals surface area contributed by atoms with Gasteiger partial charge >= 0.3 is 12.2 Å². The normalized spacial score (nSPS) is 17.9. The molecule has 304 valence electrons. The van der Waals surface area contributed by atoms with Crippen LogP contribution in [0.2, 0.25) is 0 Å². The van der Waals surface area contributed by atoms with Gasteiger partial charge in [-0.1, -0.05) is 150 Å². The molecule has 1 saturated carbocycles. The molecule has 2 unspecified atom stereocenters. The third kappa shape index (κ3) is 16.4. The van der Waals surface area contributed by atoms with Gasteiger partial charge in [0.1, 0.15) is 11.5 Å². The molecule has 0 heterocycles. The van der Waals surface area contributed by atoms with Gasteiger partial charge in [0.25, 0.3) is 0 Å². The fourth-order valence-electron chi connectivity index (χ4n) is 8.98. The van der Waals surface area contributed by atoms with Gasteiger partial charge in [0.05, 0.1) is 0 Å². The standard InChI is InChI=1S/C48H78N2O4/c1-8-12-16-20-26-38-28-24-32-43(41(38)30-22-18-14-10-3)53-45(51)49-37-48(7)35-40(34-47(5,6)36-48)50-46(52)54-44-33-25-29-39(27-21-17-13-9-2)42(44)31-23-19-15-11-4/h24-25,28-29,32-33,40H,8-23,26-27,30-31,34-37H2,1-7H3,(H,49,51)(H,50,52). The Kier molecular flexibility index (Phi) is 20.6. The predicted octanol–water partition coefficient (Wildman–Crippen LogP) is 13.6. The van der Waals surface area contributed by atoms with Crippen LogP contribution in [0.5, 0.6) is 11.5 Å². The second-order valence-electron chi connectivity index (χ2n) is 17.6. The number of hydrogen-bond acceptors (Lipinski definition) is 4.